The quantitative estimate of drug-likeness (QED) is 0.856. The number of rotatable bonds is 3. The van der Waals surface area contributed by atoms with Crippen molar-refractivity contribution in [3.8, 4) is 0 Å². The van der Waals surface area contributed by atoms with Crippen molar-refractivity contribution < 1.29 is 5.11 Å². The van der Waals surface area contributed by atoms with E-state index in [2.05, 4.69) is 28.9 Å². The average Bonchev–Trinajstić information content (AvgIpc) is 2.80. The third-order valence-electron chi connectivity index (χ3n) is 2.55. The predicted molar refractivity (Wildman–Crippen MR) is 76.9 cm³/mol. The molecule has 1 nitrogen and oxygen atoms in total. The molecule has 1 aromatic heterocycles. The number of benzene rings is 1. The van der Waals surface area contributed by atoms with Gasteiger partial charge in [-0.2, -0.15) is 0 Å². The second-order valence-electron chi connectivity index (χ2n) is 3.73. The van der Waals surface area contributed by atoms with E-state index in [-0.39, 0.29) is 0 Å². The monoisotopic (exact) mass is 330 g/mol. The summed E-state index contributed by atoms with van der Waals surface area (Å²) < 4.78 is 0.920. The van der Waals surface area contributed by atoms with Gasteiger partial charge >= 0.3 is 0 Å². The van der Waals surface area contributed by atoms with Crippen LogP contribution in [0, 0.1) is 0 Å². The van der Waals surface area contributed by atoms with E-state index in [9.17, 15) is 5.11 Å². The van der Waals surface area contributed by atoms with Crippen LogP contribution >= 0.6 is 38.9 Å². The van der Waals surface area contributed by atoms with Crippen molar-refractivity contribution in [1.29, 1.82) is 0 Å². The molecular formula is C13H12BrClOS. The van der Waals surface area contributed by atoms with Gasteiger partial charge in [-0.1, -0.05) is 34.5 Å². The normalized spacial score (nSPS) is 12.7. The van der Waals surface area contributed by atoms with Crippen LogP contribution in [0.2, 0.25) is 5.02 Å². The fourth-order valence-electron chi connectivity index (χ4n) is 1.61. The second-order valence-corrected chi connectivity index (χ2v) is 6.25. The molecule has 1 N–H and O–H groups in total. The lowest BCUT2D eigenvalue weighted by atomic mass is 10.1. The molecule has 0 radical (unpaired) electrons. The first kappa shape index (κ1) is 13.1. The van der Waals surface area contributed by atoms with Crippen LogP contribution in [0.5, 0.6) is 0 Å². The Morgan fingerprint density at radius 3 is 2.76 bits per heavy atom. The van der Waals surface area contributed by atoms with Crippen molar-refractivity contribution in [2.24, 2.45) is 0 Å². The standard InChI is InChI=1S/C13H12BrClOS/c1-2-9-4-6-12(17-9)13(16)10-7-8(14)3-5-11(10)15/h3-7,13,16H,2H2,1H3. The van der Waals surface area contributed by atoms with E-state index in [4.69, 9.17) is 11.6 Å². The van der Waals surface area contributed by atoms with Crippen molar-refractivity contribution >= 4 is 38.9 Å². The predicted octanol–water partition coefficient (Wildman–Crippen LogP) is 4.81. The highest BCUT2D eigenvalue weighted by atomic mass is 79.9. The summed E-state index contributed by atoms with van der Waals surface area (Å²) >= 11 is 11.1. The van der Waals surface area contributed by atoms with Crippen LogP contribution < -0.4 is 0 Å². The largest absolute Gasteiger partial charge is 0.383 e. The minimum absolute atomic E-state index is 0.590. The first-order valence-electron chi connectivity index (χ1n) is 5.33. The zero-order chi connectivity index (χ0) is 12.4. The highest BCUT2D eigenvalue weighted by Crippen LogP contribution is 2.34. The van der Waals surface area contributed by atoms with E-state index in [0.717, 1.165) is 21.3 Å². The van der Waals surface area contributed by atoms with Gasteiger partial charge in [0.25, 0.3) is 0 Å². The van der Waals surface area contributed by atoms with Gasteiger partial charge in [-0.15, -0.1) is 11.3 Å². The maximum Gasteiger partial charge on any atom is 0.115 e. The third kappa shape index (κ3) is 2.91. The molecule has 0 aliphatic heterocycles. The first-order valence-corrected chi connectivity index (χ1v) is 7.32. The minimum atomic E-state index is -0.648. The van der Waals surface area contributed by atoms with Gasteiger partial charge in [0.1, 0.15) is 6.10 Å². The van der Waals surface area contributed by atoms with Gasteiger partial charge in [0, 0.05) is 24.8 Å². The first-order chi connectivity index (χ1) is 8.11. The van der Waals surface area contributed by atoms with Crippen LogP contribution in [0.4, 0.5) is 0 Å². The molecule has 0 aliphatic rings. The maximum absolute atomic E-state index is 10.3. The number of halogens is 2. The van der Waals surface area contributed by atoms with Crippen LogP contribution in [-0.4, -0.2) is 5.11 Å². The summed E-state index contributed by atoms with van der Waals surface area (Å²) in [5, 5.41) is 10.9. The Labute approximate surface area is 118 Å². The molecule has 17 heavy (non-hydrogen) atoms. The van der Waals surface area contributed by atoms with Gasteiger partial charge in [-0.05, 0) is 36.8 Å². The van der Waals surface area contributed by atoms with Gasteiger partial charge in [0.15, 0.2) is 0 Å². The van der Waals surface area contributed by atoms with Crippen LogP contribution in [-0.2, 0) is 6.42 Å². The van der Waals surface area contributed by atoms with Crippen LogP contribution in [0.1, 0.15) is 28.3 Å². The minimum Gasteiger partial charge on any atom is -0.383 e. The van der Waals surface area contributed by atoms with Gasteiger partial charge in [-0.3, -0.25) is 0 Å². The molecule has 90 valence electrons. The molecule has 1 heterocycles. The summed E-state index contributed by atoms with van der Waals surface area (Å²) in [6.45, 7) is 2.11. The van der Waals surface area contributed by atoms with Crippen LogP contribution in [0.3, 0.4) is 0 Å². The van der Waals surface area contributed by atoms with Gasteiger partial charge in [0.05, 0.1) is 0 Å². The van der Waals surface area contributed by atoms with Gasteiger partial charge < -0.3 is 5.11 Å². The molecular weight excluding hydrogens is 320 g/mol. The molecule has 0 saturated carbocycles. The molecule has 1 unspecified atom stereocenters. The third-order valence-corrected chi connectivity index (χ3v) is 4.67. The van der Waals surface area contributed by atoms with Gasteiger partial charge in [0.2, 0.25) is 0 Å². The van der Waals surface area contributed by atoms with Crippen LogP contribution in [0.25, 0.3) is 0 Å². The molecule has 2 aromatic rings. The number of aliphatic hydroxyl groups is 1. The van der Waals surface area contributed by atoms with Crippen molar-refractivity contribution in [2.45, 2.75) is 19.4 Å². The zero-order valence-corrected chi connectivity index (χ0v) is 12.4. The van der Waals surface area contributed by atoms with Crippen LogP contribution in [0.15, 0.2) is 34.8 Å². The number of hydrogen-bond donors (Lipinski definition) is 1. The number of aryl methyl sites for hydroxylation is 1. The Bertz CT molecular complexity index is 524. The summed E-state index contributed by atoms with van der Waals surface area (Å²) in [5.41, 5.74) is 0.741. The lowest BCUT2D eigenvalue weighted by Crippen LogP contribution is -1.97. The lowest BCUT2D eigenvalue weighted by Gasteiger charge is -2.11. The topological polar surface area (TPSA) is 20.2 Å². The summed E-state index contributed by atoms with van der Waals surface area (Å²) in [6, 6.07) is 9.53. The summed E-state index contributed by atoms with van der Waals surface area (Å²) in [6.07, 6.45) is 0.342. The Kier molecular flexibility index (Phi) is 4.26. The highest BCUT2D eigenvalue weighted by Gasteiger charge is 2.16. The Balaban J connectivity index is 2.35. The van der Waals surface area contributed by atoms with E-state index in [1.807, 2.05) is 18.2 Å². The summed E-state index contributed by atoms with van der Waals surface area (Å²) in [5.74, 6) is 0. The maximum atomic E-state index is 10.3. The number of thiophene rings is 1. The SMILES string of the molecule is CCc1ccc(C(O)c2cc(Br)ccc2Cl)s1. The zero-order valence-electron chi connectivity index (χ0n) is 9.28. The molecule has 1 atom stereocenters. The second kappa shape index (κ2) is 5.53. The Hall–Kier alpha value is -0.350. The summed E-state index contributed by atoms with van der Waals surface area (Å²) in [7, 11) is 0. The Morgan fingerprint density at radius 2 is 2.12 bits per heavy atom. The van der Waals surface area contributed by atoms with E-state index in [1.54, 1.807) is 17.4 Å². The van der Waals surface area contributed by atoms with Crippen molar-refractivity contribution in [1.82, 2.24) is 0 Å². The molecule has 0 aliphatic carbocycles. The van der Waals surface area contributed by atoms with E-state index in [1.165, 1.54) is 4.88 Å². The number of aliphatic hydroxyl groups excluding tert-OH is 1. The molecule has 0 amide bonds. The average molecular weight is 332 g/mol. The fourth-order valence-corrected chi connectivity index (χ4v) is 3.17. The number of hydrogen-bond acceptors (Lipinski definition) is 2. The van der Waals surface area contributed by atoms with Gasteiger partial charge in [-0.25, -0.2) is 0 Å². The van der Waals surface area contributed by atoms with E-state index in [0.29, 0.717) is 5.02 Å². The smallest absolute Gasteiger partial charge is 0.115 e. The molecule has 0 bridgehead atoms. The molecule has 4 heteroatoms. The summed E-state index contributed by atoms with van der Waals surface area (Å²) in [4.78, 5) is 2.20. The highest BCUT2D eigenvalue weighted by molar-refractivity contribution is 9.10. The van der Waals surface area contributed by atoms with E-state index < -0.39 is 6.10 Å². The molecule has 1 aromatic carbocycles. The van der Waals surface area contributed by atoms with Crippen molar-refractivity contribution in [3.63, 3.8) is 0 Å². The molecule has 2 rings (SSSR count). The van der Waals surface area contributed by atoms with Crippen molar-refractivity contribution in [2.75, 3.05) is 0 Å². The van der Waals surface area contributed by atoms with Crippen molar-refractivity contribution in [3.05, 3.63) is 55.1 Å². The molecule has 0 saturated heterocycles. The molecule has 0 fully saturated rings. The lowest BCUT2D eigenvalue weighted by molar-refractivity contribution is 0.224. The Morgan fingerprint density at radius 1 is 1.35 bits per heavy atom. The van der Waals surface area contributed by atoms with E-state index >= 15 is 0 Å². The molecule has 0 spiro atoms. The fraction of sp³-hybridized carbons (Fsp3) is 0.231.